The molecule has 0 spiro atoms. The minimum atomic E-state index is 0.306. The molecule has 0 fully saturated rings. The summed E-state index contributed by atoms with van der Waals surface area (Å²) in [5, 5.41) is 12.4. The van der Waals surface area contributed by atoms with Crippen molar-refractivity contribution in [3.05, 3.63) is 0 Å². The van der Waals surface area contributed by atoms with E-state index in [9.17, 15) is 0 Å². The van der Waals surface area contributed by atoms with Gasteiger partial charge >= 0.3 is 0 Å². The van der Waals surface area contributed by atoms with Crippen molar-refractivity contribution in [2.45, 2.75) is 71.1 Å². The zero-order valence-corrected chi connectivity index (χ0v) is 12.7. The molecule has 0 radical (unpaired) electrons. The zero-order chi connectivity index (χ0) is 13.8. The third-order valence-corrected chi connectivity index (χ3v) is 3.95. The lowest BCUT2D eigenvalue weighted by Gasteiger charge is -2.17. The molecule has 1 unspecified atom stereocenters. The van der Waals surface area contributed by atoms with Gasteiger partial charge in [0.15, 0.2) is 0 Å². The molecule has 0 aliphatic carbocycles. The molecule has 0 bridgehead atoms. The van der Waals surface area contributed by atoms with E-state index in [2.05, 4.69) is 17.2 Å². The van der Waals surface area contributed by atoms with Crippen LogP contribution in [-0.2, 0) is 0 Å². The maximum Gasteiger partial charge on any atom is 0.0995 e. The van der Waals surface area contributed by atoms with Crippen LogP contribution < -0.4 is 5.32 Å². The van der Waals surface area contributed by atoms with Gasteiger partial charge in [0.2, 0.25) is 0 Å². The van der Waals surface area contributed by atoms with E-state index < -0.39 is 0 Å². The smallest absolute Gasteiger partial charge is 0.0995 e. The van der Waals surface area contributed by atoms with Crippen LogP contribution in [0.5, 0.6) is 0 Å². The molecule has 0 amide bonds. The van der Waals surface area contributed by atoms with Gasteiger partial charge in [-0.3, -0.25) is 4.99 Å². The van der Waals surface area contributed by atoms with Gasteiger partial charge in [-0.2, -0.15) is 0 Å². The monoisotopic (exact) mass is 268 g/mol. The number of nitrogens with zero attached hydrogens (tertiary/aromatic N) is 1. The Labute approximate surface area is 118 Å². The Morgan fingerprint density at radius 1 is 1.05 bits per heavy atom. The Kier molecular flexibility index (Phi) is 9.78. The first-order valence-electron chi connectivity index (χ1n) is 8.27. The molecule has 0 aromatic rings. The molecule has 1 atom stereocenters. The average Bonchev–Trinajstić information content (AvgIpc) is 2.95. The molecule has 1 heterocycles. The summed E-state index contributed by atoms with van der Waals surface area (Å²) in [5.41, 5.74) is 0. The Balaban J connectivity index is 2.10. The summed E-state index contributed by atoms with van der Waals surface area (Å²) < 4.78 is 0. The lowest BCUT2D eigenvalue weighted by molar-refractivity contribution is 0.276. The van der Waals surface area contributed by atoms with Crippen LogP contribution in [0.15, 0.2) is 4.99 Å². The van der Waals surface area contributed by atoms with Crippen molar-refractivity contribution in [3.8, 4) is 0 Å². The van der Waals surface area contributed by atoms with Gasteiger partial charge in [-0.1, -0.05) is 51.9 Å². The number of aliphatic hydroxyl groups is 1. The summed E-state index contributed by atoms with van der Waals surface area (Å²) in [6.07, 6.45) is 12.8. The third kappa shape index (κ3) is 7.56. The Hall–Kier alpha value is -0.570. The van der Waals surface area contributed by atoms with Gasteiger partial charge in [-0.15, -0.1) is 0 Å². The molecule has 2 N–H and O–H groups in total. The molecule has 19 heavy (non-hydrogen) atoms. The van der Waals surface area contributed by atoms with Crippen LogP contribution in [0.4, 0.5) is 0 Å². The van der Waals surface area contributed by atoms with Crippen LogP contribution in [0.1, 0.15) is 71.1 Å². The summed E-state index contributed by atoms with van der Waals surface area (Å²) in [6, 6.07) is 0. The van der Waals surface area contributed by atoms with Crippen LogP contribution in [-0.4, -0.2) is 30.6 Å². The first-order valence-corrected chi connectivity index (χ1v) is 8.27. The van der Waals surface area contributed by atoms with Gasteiger partial charge in [0.25, 0.3) is 0 Å². The van der Waals surface area contributed by atoms with Gasteiger partial charge < -0.3 is 10.4 Å². The maximum atomic E-state index is 8.99. The van der Waals surface area contributed by atoms with Gasteiger partial charge in [0.05, 0.1) is 12.4 Å². The Morgan fingerprint density at radius 3 is 2.37 bits per heavy atom. The van der Waals surface area contributed by atoms with Gasteiger partial charge in [-0.05, 0) is 19.3 Å². The second-order valence-corrected chi connectivity index (χ2v) is 5.67. The van der Waals surface area contributed by atoms with Crippen molar-refractivity contribution in [3.63, 3.8) is 0 Å². The third-order valence-electron chi connectivity index (χ3n) is 3.95. The van der Waals surface area contributed by atoms with Crippen LogP contribution in [0, 0.1) is 5.92 Å². The molecular formula is C16H32N2O. The van der Waals surface area contributed by atoms with Crippen molar-refractivity contribution in [1.29, 1.82) is 0 Å². The number of aliphatic imine (C=N–C) groups is 1. The summed E-state index contributed by atoms with van der Waals surface area (Å²) in [7, 11) is 0. The van der Waals surface area contributed by atoms with Crippen LogP contribution >= 0.6 is 0 Å². The molecule has 3 heteroatoms. The van der Waals surface area contributed by atoms with Crippen molar-refractivity contribution >= 4 is 5.84 Å². The van der Waals surface area contributed by atoms with E-state index in [0.29, 0.717) is 12.5 Å². The number of rotatable bonds is 12. The molecule has 1 rings (SSSR count). The van der Waals surface area contributed by atoms with Gasteiger partial charge in [0, 0.05) is 19.1 Å². The number of nitrogens with one attached hydrogen (secondary N) is 1. The van der Waals surface area contributed by atoms with Crippen molar-refractivity contribution in [2.24, 2.45) is 10.9 Å². The van der Waals surface area contributed by atoms with Gasteiger partial charge in [-0.25, -0.2) is 0 Å². The van der Waals surface area contributed by atoms with E-state index in [0.717, 1.165) is 25.9 Å². The number of amidine groups is 1. The molecule has 0 saturated carbocycles. The van der Waals surface area contributed by atoms with Crippen LogP contribution in [0.2, 0.25) is 0 Å². The maximum absolute atomic E-state index is 8.99. The quantitative estimate of drug-likeness (QED) is 0.532. The molecule has 0 aromatic heterocycles. The van der Waals surface area contributed by atoms with Crippen LogP contribution in [0.3, 0.4) is 0 Å². The SMILES string of the molecule is CCCCCCCCCC(CCCO)C1=NCCN1. The van der Waals surface area contributed by atoms with E-state index in [1.165, 1.54) is 57.2 Å². The van der Waals surface area contributed by atoms with E-state index in [-0.39, 0.29) is 0 Å². The molecule has 1 aliphatic rings. The minimum Gasteiger partial charge on any atom is -0.396 e. The fourth-order valence-corrected chi connectivity index (χ4v) is 2.79. The summed E-state index contributed by atoms with van der Waals surface area (Å²) in [5.74, 6) is 1.77. The predicted octanol–water partition coefficient (Wildman–Crippen LogP) is 3.52. The molecule has 0 aromatic carbocycles. The largest absolute Gasteiger partial charge is 0.396 e. The first-order chi connectivity index (χ1) is 9.38. The summed E-state index contributed by atoms with van der Waals surface area (Å²) >= 11 is 0. The van der Waals surface area contributed by atoms with Gasteiger partial charge in [0.1, 0.15) is 0 Å². The number of unbranched alkanes of at least 4 members (excludes halogenated alkanes) is 6. The number of aliphatic hydroxyl groups excluding tert-OH is 1. The topological polar surface area (TPSA) is 44.6 Å². The van der Waals surface area contributed by atoms with Crippen molar-refractivity contribution in [1.82, 2.24) is 5.32 Å². The highest BCUT2D eigenvalue weighted by molar-refractivity contribution is 5.85. The van der Waals surface area contributed by atoms with E-state index in [1.54, 1.807) is 0 Å². The molecule has 1 aliphatic heterocycles. The molecule has 3 nitrogen and oxygen atoms in total. The fourth-order valence-electron chi connectivity index (χ4n) is 2.79. The average molecular weight is 268 g/mol. The second kappa shape index (κ2) is 11.3. The number of hydrogen-bond acceptors (Lipinski definition) is 3. The lowest BCUT2D eigenvalue weighted by Crippen LogP contribution is -2.27. The number of hydrogen-bond donors (Lipinski definition) is 2. The van der Waals surface area contributed by atoms with Crippen molar-refractivity contribution < 1.29 is 5.11 Å². The van der Waals surface area contributed by atoms with Crippen molar-refractivity contribution in [2.75, 3.05) is 19.7 Å². The first kappa shape index (κ1) is 16.5. The highest BCUT2D eigenvalue weighted by atomic mass is 16.2. The molecule has 112 valence electrons. The predicted molar refractivity (Wildman–Crippen MR) is 82.7 cm³/mol. The van der Waals surface area contributed by atoms with E-state index in [1.807, 2.05) is 0 Å². The highest BCUT2D eigenvalue weighted by Gasteiger charge is 2.17. The lowest BCUT2D eigenvalue weighted by atomic mass is 9.94. The minimum absolute atomic E-state index is 0.306. The fraction of sp³-hybridized carbons (Fsp3) is 0.938. The second-order valence-electron chi connectivity index (χ2n) is 5.67. The van der Waals surface area contributed by atoms with E-state index >= 15 is 0 Å². The summed E-state index contributed by atoms with van der Waals surface area (Å²) in [6.45, 7) is 4.51. The molecule has 0 saturated heterocycles. The Bertz CT molecular complexity index is 241. The summed E-state index contributed by atoms with van der Waals surface area (Å²) in [4.78, 5) is 4.55. The van der Waals surface area contributed by atoms with Crippen LogP contribution in [0.25, 0.3) is 0 Å². The normalized spacial score (nSPS) is 16.2. The Morgan fingerprint density at radius 2 is 1.74 bits per heavy atom. The highest BCUT2D eigenvalue weighted by Crippen LogP contribution is 2.19. The zero-order valence-electron chi connectivity index (χ0n) is 12.7. The molecular weight excluding hydrogens is 236 g/mol. The standard InChI is InChI=1S/C16H32N2O/c1-2-3-4-5-6-7-8-10-15(11-9-14-19)16-17-12-13-18-16/h15,19H,2-14H2,1H3,(H,17,18). The van der Waals surface area contributed by atoms with E-state index in [4.69, 9.17) is 5.11 Å².